The maximum absolute atomic E-state index is 11.6. The molecule has 6 unspecified atom stereocenters. The zero-order chi connectivity index (χ0) is 31.6. The molecule has 41 heavy (non-hydrogen) atoms. The van der Waals surface area contributed by atoms with Crippen LogP contribution in [0.1, 0.15) is 108 Å². The molecule has 4 saturated carbocycles. The summed E-state index contributed by atoms with van der Waals surface area (Å²) in [7, 11) is 0. The SMILES string of the molecule is C=C(C)C(=O)OC1CC2CCC1(C)C2(C)C.C=C(C)C(=O)OC1CC2CCC1(C)C2(C)C.C=CC(=O)OCC(C)C. The molecule has 6 nitrogen and oxygen atoms in total. The fraction of sp³-hybridized carbons (Fsp3) is 0.743. The molecule has 0 saturated heterocycles. The Morgan fingerprint density at radius 2 is 1.15 bits per heavy atom. The topological polar surface area (TPSA) is 78.9 Å². The Morgan fingerprint density at radius 1 is 0.780 bits per heavy atom. The van der Waals surface area contributed by atoms with Crippen molar-refractivity contribution in [3.8, 4) is 0 Å². The molecule has 4 fully saturated rings. The van der Waals surface area contributed by atoms with Gasteiger partial charge in [-0.15, -0.1) is 0 Å². The third-order valence-corrected chi connectivity index (χ3v) is 11.3. The number of hydrogen-bond donors (Lipinski definition) is 0. The molecule has 0 aromatic heterocycles. The monoisotopic (exact) mass is 572 g/mol. The fourth-order valence-corrected chi connectivity index (χ4v) is 7.38. The average Bonchev–Trinajstić information content (AvgIpc) is 3.40. The molecule has 6 atom stereocenters. The van der Waals surface area contributed by atoms with Gasteiger partial charge >= 0.3 is 17.9 Å². The van der Waals surface area contributed by atoms with Gasteiger partial charge in [-0.1, -0.05) is 75.1 Å². The second kappa shape index (κ2) is 12.9. The normalized spacial score (nSPS) is 33.0. The molecule has 4 aliphatic rings. The minimum Gasteiger partial charge on any atom is -0.462 e. The molecule has 232 valence electrons. The van der Waals surface area contributed by atoms with Crippen molar-refractivity contribution in [3.05, 3.63) is 37.0 Å². The molecule has 0 N–H and O–H groups in total. The Labute approximate surface area is 249 Å². The van der Waals surface area contributed by atoms with Gasteiger partial charge in [-0.2, -0.15) is 0 Å². The van der Waals surface area contributed by atoms with Crippen LogP contribution in [-0.4, -0.2) is 36.7 Å². The highest BCUT2D eigenvalue weighted by molar-refractivity contribution is 5.87. The van der Waals surface area contributed by atoms with Crippen LogP contribution in [0, 0.1) is 39.4 Å². The molecule has 0 aromatic carbocycles. The molecule has 0 radical (unpaired) electrons. The Bertz CT molecular complexity index is 967. The highest BCUT2D eigenvalue weighted by Crippen LogP contribution is 2.67. The lowest BCUT2D eigenvalue weighted by atomic mass is 9.70. The van der Waals surface area contributed by atoms with Crippen LogP contribution < -0.4 is 0 Å². The number of ether oxygens (including phenoxy) is 3. The molecule has 0 aromatic rings. The van der Waals surface area contributed by atoms with Crippen molar-refractivity contribution in [1.29, 1.82) is 0 Å². The Hall–Kier alpha value is -2.37. The smallest absolute Gasteiger partial charge is 0.333 e. The van der Waals surface area contributed by atoms with Crippen LogP contribution in [-0.2, 0) is 28.6 Å². The van der Waals surface area contributed by atoms with Crippen molar-refractivity contribution in [2.24, 2.45) is 39.4 Å². The van der Waals surface area contributed by atoms with Gasteiger partial charge < -0.3 is 14.2 Å². The first-order valence-corrected chi connectivity index (χ1v) is 15.3. The van der Waals surface area contributed by atoms with Gasteiger partial charge in [0, 0.05) is 28.1 Å². The first kappa shape index (κ1) is 34.8. The first-order valence-electron chi connectivity index (χ1n) is 15.3. The van der Waals surface area contributed by atoms with Gasteiger partial charge in [0.15, 0.2) is 0 Å². The quantitative estimate of drug-likeness (QED) is 0.175. The van der Waals surface area contributed by atoms with Crippen LogP contribution in [0.2, 0.25) is 0 Å². The van der Waals surface area contributed by atoms with E-state index in [1.54, 1.807) is 13.8 Å². The number of rotatable bonds is 7. The molecule has 0 aliphatic heterocycles. The molecule has 0 amide bonds. The zero-order valence-electron chi connectivity index (χ0n) is 27.5. The zero-order valence-corrected chi connectivity index (χ0v) is 27.5. The van der Waals surface area contributed by atoms with E-state index in [0.29, 0.717) is 46.3 Å². The molecule has 0 spiro atoms. The van der Waals surface area contributed by atoms with Gasteiger partial charge in [-0.3, -0.25) is 0 Å². The predicted octanol–water partition coefficient (Wildman–Crippen LogP) is 8.01. The van der Waals surface area contributed by atoms with E-state index in [0.717, 1.165) is 12.8 Å². The molecule has 6 heteroatoms. The molecule has 4 rings (SSSR count). The van der Waals surface area contributed by atoms with E-state index in [9.17, 15) is 14.4 Å². The van der Waals surface area contributed by atoms with E-state index < -0.39 is 0 Å². The number of hydrogen-bond acceptors (Lipinski definition) is 6. The van der Waals surface area contributed by atoms with Crippen LogP contribution in [0.5, 0.6) is 0 Å². The number of carbonyl (C=O) groups excluding carboxylic acids is 3. The number of carbonyl (C=O) groups is 3. The summed E-state index contributed by atoms with van der Waals surface area (Å²) in [6.45, 7) is 32.2. The van der Waals surface area contributed by atoms with Gasteiger partial charge in [0.25, 0.3) is 0 Å². The lowest BCUT2D eigenvalue weighted by Gasteiger charge is -2.38. The largest absolute Gasteiger partial charge is 0.462 e. The maximum atomic E-state index is 11.6. The maximum Gasteiger partial charge on any atom is 0.333 e. The van der Waals surface area contributed by atoms with E-state index in [2.05, 4.69) is 61.3 Å². The third kappa shape index (κ3) is 7.00. The fourth-order valence-electron chi connectivity index (χ4n) is 7.38. The van der Waals surface area contributed by atoms with Crippen LogP contribution in [0.4, 0.5) is 0 Å². The molecule has 4 aliphatic carbocycles. The number of esters is 3. The van der Waals surface area contributed by atoms with E-state index in [4.69, 9.17) is 14.2 Å². The van der Waals surface area contributed by atoms with Gasteiger partial charge in [-0.05, 0) is 81.0 Å². The molecule has 4 bridgehead atoms. The van der Waals surface area contributed by atoms with Gasteiger partial charge in [0.2, 0.25) is 0 Å². The number of fused-ring (bicyclic) bond motifs is 4. The molecular formula is C35H56O6. The van der Waals surface area contributed by atoms with Crippen LogP contribution in [0.15, 0.2) is 37.0 Å². The van der Waals surface area contributed by atoms with E-state index in [1.807, 2.05) is 13.8 Å². The third-order valence-electron chi connectivity index (χ3n) is 11.3. The summed E-state index contributed by atoms with van der Waals surface area (Å²) in [5.41, 5.74) is 1.92. The van der Waals surface area contributed by atoms with Crippen LogP contribution in [0.3, 0.4) is 0 Å². The van der Waals surface area contributed by atoms with E-state index in [-0.39, 0.29) is 40.9 Å². The van der Waals surface area contributed by atoms with Crippen molar-refractivity contribution >= 4 is 17.9 Å². The second-order valence-electron chi connectivity index (χ2n) is 14.8. The summed E-state index contributed by atoms with van der Waals surface area (Å²) >= 11 is 0. The van der Waals surface area contributed by atoms with Crippen molar-refractivity contribution in [3.63, 3.8) is 0 Å². The van der Waals surface area contributed by atoms with Crippen LogP contribution >= 0.6 is 0 Å². The van der Waals surface area contributed by atoms with Crippen LogP contribution in [0.25, 0.3) is 0 Å². The minimum atomic E-state index is -0.344. The van der Waals surface area contributed by atoms with E-state index in [1.165, 1.54) is 31.8 Å². The van der Waals surface area contributed by atoms with Crippen molar-refractivity contribution < 1.29 is 28.6 Å². The highest BCUT2D eigenvalue weighted by atomic mass is 16.6. The lowest BCUT2D eigenvalue weighted by Crippen LogP contribution is -2.38. The van der Waals surface area contributed by atoms with Crippen molar-refractivity contribution in [2.75, 3.05) is 6.61 Å². The van der Waals surface area contributed by atoms with Gasteiger partial charge in [0.1, 0.15) is 12.2 Å². The Balaban J connectivity index is 0.000000225. The Morgan fingerprint density at radius 3 is 1.37 bits per heavy atom. The Kier molecular flexibility index (Phi) is 10.9. The van der Waals surface area contributed by atoms with Crippen molar-refractivity contribution in [2.45, 2.75) is 120 Å². The molecule has 0 heterocycles. The summed E-state index contributed by atoms with van der Waals surface area (Å²) in [6, 6.07) is 0. The van der Waals surface area contributed by atoms with Gasteiger partial charge in [-0.25, -0.2) is 14.4 Å². The van der Waals surface area contributed by atoms with E-state index >= 15 is 0 Å². The first-order chi connectivity index (χ1) is 18.7. The van der Waals surface area contributed by atoms with Crippen molar-refractivity contribution in [1.82, 2.24) is 0 Å². The predicted molar refractivity (Wildman–Crippen MR) is 164 cm³/mol. The standard InChI is InChI=1S/2C14H22O2.C7H12O2/c2*1-9(2)12(15)16-11-8-10-6-7-14(11,5)13(10,3)4;1-4-7(8)9-5-6(2)3/h2*10-11H,1,6-8H2,2-5H3;4,6H,1,5H2,2-3H3. The summed E-state index contributed by atoms with van der Waals surface area (Å²) in [5, 5.41) is 0. The average molecular weight is 573 g/mol. The summed E-state index contributed by atoms with van der Waals surface area (Å²) in [6.07, 6.45) is 8.33. The highest BCUT2D eigenvalue weighted by Gasteiger charge is 2.63. The second-order valence-corrected chi connectivity index (χ2v) is 14.8. The summed E-state index contributed by atoms with van der Waals surface area (Å²) < 4.78 is 15.9. The minimum absolute atomic E-state index is 0.0884. The summed E-state index contributed by atoms with van der Waals surface area (Å²) in [4.78, 5) is 33.6. The van der Waals surface area contributed by atoms with Gasteiger partial charge in [0.05, 0.1) is 6.61 Å². The lowest BCUT2D eigenvalue weighted by molar-refractivity contribution is -0.152. The summed E-state index contributed by atoms with van der Waals surface area (Å²) in [5.74, 6) is 1.02. The molecular weight excluding hydrogens is 516 g/mol.